The minimum Gasteiger partial charge on any atom is -0.496 e. The van der Waals surface area contributed by atoms with Crippen LogP contribution in [0.5, 0.6) is 11.5 Å². The third kappa shape index (κ3) is 3.74. The molecule has 0 unspecified atom stereocenters. The number of ether oxygens (including phenoxy) is 2. The van der Waals surface area contributed by atoms with Crippen molar-refractivity contribution in [2.75, 3.05) is 7.11 Å². The SMILES string of the molecule is COc1ccc(C#N)cc1COc1cccc([C@@H](C)O)c1. The molecule has 0 spiro atoms. The van der Waals surface area contributed by atoms with Crippen LogP contribution in [-0.4, -0.2) is 12.2 Å². The summed E-state index contributed by atoms with van der Waals surface area (Å²) in [5.74, 6) is 1.35. The van der Waals surface area contributed by atoms with Gasteiger partial charge in [-0.25, -0.2) is 0 Å². The molecule has 0 fully saturated rings. The molecule has 1 N–H and O–H groups in total. The molecule has 0 aliphatic rings. The molecular weight excluding hydrogens is 266 g/mol. The molecule has 2 aromatic carbocycles. The van der Waals surface area contributed by atoms with Crippen LogP contribution in [0.25, 0.3) is 0 Å². The van der Waals surface area contributed by atoms with Crippen molar-refractivity contribution in [2.24, 2.45) is 0 Å². The van der Waals surface area contributed by atoms with E-state index in [0.717, 1.165) is 11.1 Å². The highest BCUT2D eigenvalue weighted by molar-refractivity contribution is 5.42. The predicted octanol–water partition coefficient (Wildman–Crippen LogP) is 3.20. The highest BCUT2D eigenvalue weighted by Crippen LogP contribution is 2.23. The Morgan fingerprint density at radius 1 is 1.24 bits per heavy atom. The first-order chi connectivity index (χ1) is 10.1. The smallest absolute Gasteiger partial charge is 0.125 e. The first-order valence-electron chi connectivity index (χ1n) is 6.62. The van der Waals surface area contributed by atoms with Crippen molar-refractivity contribution in [2.45, 2.75) is 19.6 Å². The molecule has 0 amide bonds. The van der Waals surface area contributed by atoms with Crippen molar-refractivity contribution in [1.82, 2.24) is 0 Å². The van der Waals surface area contributed by atoms with Crippen LogP contribution in [0.3, 0.4) is 0 Å². The van der Waals surface area contributed by atoms with E-state index in [1.54, 1.807) is 38.3 Å². The van der Waals surface area contributed by atoms with Gasteiger partial charge < -0.3 is 14.6 Å². The van der Waals surface area contributed by atoms with Crippen LogP contribution >= 0.6 is 0 Å². The minimum atomic E-state index is -0.537. The molecule has 0 saturated heterocycles. The van der Waals surface area contributed by atoms with Gasteiger partial charge in [-0.15, -0.1) is 0 Å². The molecule has 108 valence electrons. The fraction of sp³-hybridized carbons (Fsp3) is 0.235. The first kappa shape index (κ1) is 14.9. The summed E-state index contributed by atoms with van der Waals surface area (Å²) < 4.78 is 11.0. The van der Waals surface area contributed by atoms with Crippen LogP contribution < -0.4 is 9.47 Å². The van der Waals surface area contributed by atoms with Gasteiger partial charge in [0.1, 0.15) is 18.1 Å². The van der Waals surface area contributed by atoms with Crippen molar-refractivity contribution in [3.63, 3.8) is 0 Å². The highest BCUT2D eigenvalue weighted by Gasteiger charge is 2.07. The number of nitriles is 1. The van der Waals surface area contributed by atoms with Crippen LogP contribution in [-0.2, 0) is 6.61 Å². The standard InChI is InChI=1S/C17H17NO3/c1-12(19)14-4-3-5-16(9-14)21-11-15-8-13(10-18)6-7-17(15)20-2/h3-9,12,19H,11H2,1-2H3/t12-/m1/s1. The molecule has 0 bridgehead atoms. The van der Waals surface area contributed by atoms with Crippen molar-refractivity contribution in [3.05, 3.63) is 59.2 Å². The molecule has 0 heterocycles. The largest absolute Gasteiger partial charge is 0.496 e. The summed E-state index contributed by atoms with van der Waals surface area (Å²) in [6.45, 7) is 2.00. The van der Waals surface area contributed by atoms with Gasteiger partial charge in [0, 0.05) is 5.56 Å². The van der Waals surface area contributed by atoms with Gasteiger partial charge in [0.25, 0.3) is 0 Å². The number of hydrogen-bond donors (Lipinski definition) is 1. The summed E-state index contributed by atoms with van der Waals surface area (Å²) in [5, 5.41) is 18.5. The van der Waals surface area contributed by atoms with Crippen LogP contribution in [0.1, 0.15) is 29.7 Å². The maximum absolute atomic E-state index is 9.57. The second kappa shape index (κ2) is 6.78. The molecule has 1 atom stereocenters. The Bertz CT molecular complexity index is 659. The lowest BCUT2D eigenvalue weighted by Crippen LogP contribution is -2.00. The van der Waals surface area contributed by atoms with Crippen molar-refractivity contribution in [3.8, 4) is 17.6 Å². The molecule has 0 saturated carbocycles. The topological polar surface area (TPSA) is 62.5 Å². The molecule has 0 aromatic heterocycles. The van der Waals surface area contributed by atoms with Gasteiger partial charge in [-0.05, 0) is 42.8 Å². The van der Waals surface area contributed by atoms with E-state index in [1.807, 2.05) is 18.2 Å². The van der Waals surface area contributed by atoms with E-state index < -0.39 is 6.10 Å². The Morgan fingerprint density at radius 3 is 2.71 bits per heavy atom. The van der Waals surface area contributed by atoms with Crippen molar-refractivity contribution in [1.29, 1.82) is 5.26 Å². The van der Waals surface area contributed by atoms with E-state index in [4.69, 9.17) is 14.7 Å². The predicted molar refractivity (Wildman–Crippen MR) is 79.1 cm³/mol. The quantitative estimate of drug-likeness (QED) is 0.915. The van der Waals surface area contributed by atoms with Crippen molar-refractivity contribution >= 4 is 0 Å². The molecule has 0 aliphatic carbocycles. The molecule has 2 aromatic rings. The first-order valence-corrected chi connectivity index (χ1v) is 6.62. The summed E-state index contributed by atoms with van der Waals surface area (Å²) in [6, 6.07) is 14.6. The Labute approximate surface area is 124 Å². The number of hydrogen-bond acceptors (Lipinski definition) is 4. The zero-order valence-corrected chi connectivity index (χ0v) is 12.0. The fourth-order valence-corrected chi connectivity index (χ4v) is 1.99. The molecular formula is C17H17NO3. The van der Waals surface area contributed by atoms with Crippen LogP contribution in [0, 0.1) is 11.3 Å². The Hall–Kier alpha value is -2.51. The van der Waals surface area contributed by atoms with E-state index in [9.17, 15) is 5.11 Å². The second-order valence-corrected chi connectivity index (χ2v) is 4.68. The van der Waals surface area contributed by atoms with Gasteiger partial charge in [0.2, 0.25) is 0 Å². The summed E-state index contributed by atoms with van der Waals surface area (Å²) in [5.41, 5.74) is 2.16. The maximum Gasteiger partial charge on any atom is 0.125 e. The fourth-order valence-electron chi connectivity index (χ4n) is 1.99. The monoisotopic (exact) mass is 283 g/mol. The normalized spacial score (nSPS) is 11.5. The summed E-state index contributed by atoms with van der Waals surface area (Å²) >= 11 is 0. The summed E-state index contributed by atoms with van der Waals surface area (Å²) in [4.78, 5) is 0. The lowest BCUT2D eigenvalue weighted by atomic mass is 10.1. The molecule has 2 rings (SSSR count). The Balaban J connectivity index is 2.16. The van der Waals surface area contributed by atoms with E-state index in [1.165, 1.54) is 0 Å². The lowest BCUT2D eigenvalue weighted by Gasteiger charge is -2.12. The van der Waals surface area contributed by atoms with E-state index >= 15 is 0 Å². The summed E-state index contributed by atoms with van der Waals surface area (Å²) in [7, 11) is 1.58. The van der Waals surface area contributed by atoms with Crippen LogP contribution in [0.15, 0.2) is 42.5 Å². The third-order valence-electron chi connectivity index (χ3n) is 3.14. The zero-order chi connectivity index (χ0) is 15.2. The van der Waals surface area contributed by atoms with Gasteiger partial charge >= 0.3 is 0 Å². The van der Waals surface area contributed by atoms with Crippen LogP contribution in [0.4, 0.5) is 0 Å². The average molecular weight is 283 g/mol. The molecule has 21 heavy (non-hydrogen) atoms. The Kier molecular flexibility index (Phi) is 4.81. The van der Waals surface area contributed by atoms with Gasteiger partial charge in [-0.1, -0.05) is 12.1 Å². The van der Waals surface area contributed by atoms with Gasteiger partial charge in [0.15, 0.2) is 0 Å². The second-order valence-electron chi connectivity index (χ2n) is 4.68. The van der Waals surface area contributed by atoms with E-state index in [0.29, 0.717) is 23.7 Å². The van der Waals surface area contributed by atoms with Crippen molar-refractivity contribution < 1.29 is 14.6 Å². The van der Waals surface area contributed by atoms with E-state index in [2.05, 4.69) is 6.07 Å². The molecule has 4 nitrogen and oxygen atoms in total. The zero-order valence-electron chi connectivity index (χ0n) is 12.0. The molecule has 0 aliphatic heterocycles. The average Bonchev–Trinajstić information content (AvgIpc) is 2.52. The third-order valence-corrected chi connectivity index (χ3v) is 3.14. The minimum absolute atomic E-state index is 0.294. The number of methoxy groups -OCH3 is 1. The van der Waals surface area contributed by atoms with Crippen LogP contribution in [0.2, 0.25) is 0 Å². The summed E-state index contributed by atoms with van der Waals surface area (Å²) in [6.07, 6.45) is -0.537. The molecule has 4 heteroatoms. The van der Waals surface area contributed by atoms with Gasteiger partial charge in [0.05, 0.1) is 24.8 Å². The number of nitrogens with zero attached hydrogens (tertiary/aromatic N) is 1. The van der Waals surface area contributed by atoms with E-state index in [-0.39, 0.29) is 0 Å². The maximum atomic E-state index is 9.57. The number of benzene rings is 2. The Morgan fingerprint density at radius 2 is 2.05 bits per heavy atom. The van der Waals surface area contributed by atoms with Gasteiger partial charge in [-0.2, -0.15) is 5.26 Å². The molecule has 0 radical (unpaired) electrons. The highest BCUT2D eigenvalue weighted by atomic mass is 16.5. The number of aliphatic hydroxyl groups excluding tert-OH is 1. The number of rotatable bonds is 5. The number of aliphatic hydroxyl groups is 1. The van der Waals surface area contributed by atoms with Gasteiger partial charge in [-0.3, -0.25) is 0 Å². The lowest BCUT2D eigenvalue weighted by molar-refractivity contribution is 0.198.